The van der Waals surface area contributed by atoms with Gasteiger partial charge in [-0.1, -0.05) is 80.1 Å². The molecule has 0 nitrogen and oxygen atoms in total. The van der Waals surface area contributed by atoms with Crippen LogP contribution in [0.3, 0.4) is 0 Å². The van der Waals surface area contributed by atoms with Gasteiger partial charge in [0.1, 0.15) is 0 Å². The molecule has 0 unspecified atom stereocenters. The fraction of sp³-hybridized carbons (Fsp3) is 0.217. The van der Waals surface area contributed by atoms with Crippen LogP contribution in [0.2, 0.25) is 0 Å². The molecule has 26 heavy (non-hydrogen) atoms. The first kappa shape index (κ1) is 19.9. The molecular weight excluding hydrogens is 438 g/mol. The minimum absolute atomic E-state index is 0.615. The van der Waals surface area contributed by atoms with Gasteiger partial charge in [-0.3, -0.25) is 0 Å². The van der Waals surface area contributed by atoms with Gasteiger partial charge < -0.3 is 0 Å². The molecule has 132 valence electrons. The van der Waals surface area contributed by atoms with Gasteiger partial charge in [-0.25, -0.2) is 0 Å². The second-order valence-electron chi connectivity index (χ2n) is 6.98. The average molecular weight is 461 g/mol. The molecule has 0 saturated carbocycles. The van der Waals surface area contributed by atoms with E-state index in [1.807, 2.05) is 0 Å². The van der Waals surface area contributed by atoms with E-state index in [9.17, 15) is 0 Å². The number of aryl methyl sites for hydroxylation is 1. The number of benzene rings is 3. The van der Waals surface area contributed by atoms with Crippen molar-refractivity contribution in [2.45, 2.75) is 27.2 Å². The van der Waals surface area contributed by atoms with Crippen molar-refractivity contribution in [1.82, 2.24) is 0 Å². The van der Waals surface area contributed by atoms with Gasteiger partial charge >= 0.3 is 37.9 Å². The molecule has 0 saturated heterocycles. The molecule has 0 radical (unpaired) electrons. The summed E-state index contributed by atoms with van der Waals surface area (Å²) in [5.74, 6) is 0.615. The van der Waals surface area contributed by atoms with Crippen molar-refractivity contribution >= 4 is 33.9 Å². The Morgan fingerprint density at radius 3 is 2.19 bits per heavy atom. The molecule has 0 aliphatic heterocycles. The molecule has 0 aromatic heterocycles. The molecule has 3 aromatic rings. The molecule has 4 rings (SSSR count). The summed E-state index contributed by atoms with van der Waals surface area (Å²) < 4.78 is 0. The number of allylic oxidation sites excluding steroid dienone is 1. The molecule has 1 aliphatic rings. The summed E-state index contributed by atoms with van der Waals surface area (Å²) in [6.07, 6.45) is 3.52. The monoisotopic (exact) mass is 458 g/mol. The number of rotatable bonds is 2. The molecule has 1 aliphatic carbocycles. The van der Waals surface area contributed by atoms with Crippen molar-refractivity contribution < 1.29 is 20.8 Å². The Morgan fingerprint density at radius 2 is 1.50 bits per heavy atom. The van der Waals surface area contributed by atoms with Crippen LogP contribution in [0.5, 0.6) is 0 Å². The van der Waals surface area contributed by atoms with Crippen LogP contribution in [0.4, 0.5) is 0 Å². The van der Waals surface area contributed by atoms with Crippen molar-refractivity contribution in [3.63, 3.8) is 0 Å². The third kappa shape index (κ3) is 4.01. The van der Waals surface area contributed by atoms with Gasteiger partial charge in [-0.15, -0.1) is 0 Å². The quantitative estimate of drug-likeness (QED) is 0.366. The van der Waals surface area contributed by atoms with E-state index in [4.69, 9.17) is 17.0 Å². The van der Waals surface area contributed by atoms with Gasteiger partial charge in [0, 0.05) is 0 Å². The fourth-order valence-electron chi connectivity index (χ4n) is 3.75. The molecule has 0 N–H and O–H groups in total. The van der Waals surface area contributed by atoms with E-state index in [2.05, 4.69) is 81.4 Å². The van der Waals surface area contributed by atoms with Crippen LogP contribution in [-0.4, -0.2) is 0 Å². The number of halogens is 2. The second-order valence-corrected chi connectivity index (χ2v) is 10.7. The van der Waals surface area contributed by atoms with Crippen LogP contribution < -0.4 is 0 Å². The van der Waals surface area contributed by atoms with E-state index in [0.717, 1.165) is 6.42 Å². The molecule has 0 amide bonds. The Morgan fingerprint density at radius 1 is 0.885 bits per heavy atom. The summed E-state index contributed by atoms with van der Waals surface area (Å²) in [6, 6.07) is 20.0. The molecule has 3 heteroatoms. The van der Waals surface area contributed by atoms with E-state index in [1.165, 1.54) is 38.6 Å². The zero-order chi connectivity index (χ0) is 18.7. The zero-order valence-corrected chi connectivity index (χ0v) is 19.3. The predicted molar refractivity (Wildman–Crippen MR) is 112 cm³/mol. The second kappa shape index (κ2) is 8.87. The van der Waals surface area contributed by atoms with Crippen LogP contribution in [0.25, 0.3) is 28.0 Å². The molecule has 0 fully saturated rings. The Labute approximate surface area is 174 Å². The van der Waals surface area contributed by atoms with Crippen LogP contribution in [-0.2, 0) is 27.3 Å². The first-order chi connectivity index (χ1) is 12.6. The van der Waals surface area contributed by atoms with Crippen molar-refractivity contribution in [3.8, 4) is 11.1 Å². The Bertz CT molecular complexity index is 952. The third-order valence-electron chi connectivity index (χ3n) is 5.07. The van der Waals surface area contributed by atoms with Crippen LogP contribution in [0, 0.1) is 12.8 Å². The minimum atomic E-state index is -0.826. The van der Waals surface area contributed by atoms with Crippen molar-refractivity contribution in [1.29, 1.82) is 0 Å². The molecule has 0 spiro atoms. The number of hydrogen-bond donors (Lipinski definition) is 0. The summed E-state index contributed by atoms with van der Waals surface area (Å²) in [6.45, 7) is 6.79. The summed E-state index contributed by atoms with van der Waals surface area (Å²) in [4.78, 5) is 0. The fourth-order valence-corrected chi connectivity index (χ4v) is 3.75. The number of hydrogen-bond acceptors (Lipinski definition) is 0. The van der Waals surface area contributed by atoms with Crippen molar-refractivity contribution in [3.05, 3.63) is 76.9 Å². The maximum atomic E-state index is 4.93. The van der Waals surface area contributed by atoms with E-state index < -0.39 is 20.8 Å². The van der Waals surface area contributed by atoms with Crippen molar-refractivity contribution in [2.75, 3.05) is 0 Å². The van der Waals surface area contributed by atoms with Gasteiger partial charge in [-0.05, 0) is 57.9 Å². The van der Waals surface area contributed by atoms with Gasteiger partial charge in [0.25, 0.3) is 0 Å². The van der Waals surface area contributed by atoms with Gasteiger partial charge in [0.05, 0.1) is 0 Å². The van der Waals surface area contributed by atoms with Gasteiger partial charge in [-0.2, -0.15) is 0 Å². The first-order valence-electron chi connectivity index (χ1n) is 8.84. The van der Waals surface area contributed by atoms with Crippen LogP contribution >= 0.6 is 17.0 Å². The summed E-state index contributed by atoms with van der Waals surface area (Å²) in [5.41, 5.74) is 8.52. The Hall–Kier alpha value is -0.877. The van der Waals surface area contributed by atoms with E-state index >= 15 is 0 Å². The topological polar surface area (TPSA) is 0 Å². The normalized spacial score (nSPS) is 12.5. The van der Waals surface area contributed by atoms with Gasteiger partial charge in [0.15, 0.2) is 0 Å². The summed E-state index contributed by atoms with van der Waals surface area (Å²) >= 11 is -0.826. The molecule has 0 heterocycles. The summed E-state index contributed by atoms with van der Waals surface area (Å²) in [7, 11) is 9.87. The summed E-state index contributed by atoms with van der Waals surface area (Å²) in [5, 5.41) is 2.71. The standard InChI is InChI=1S/C23H22.2ClH.Zr/c1-15(2)19-13-18-10-6-11-20(22(18)14-19)21-12-5-9-17-8-4-7-16(3)23(17)21;;;/h4-12,14-15H,13H2,1-3H3;2*1H;/q;;;+2/p-2. The van der Waals surface area contributed by atoms with E-state index in [0.29, 0.717) is 5.92 Å². The Kier molecular flexibility index (Phi) is 6.78. The van der Waals surface area contributed by atoms with E-state index in [1.54, 1.807) is 5.57 Å². The van der Waals surface area contributed by atoms with Crippen LogP contribution in [0.15, 0.2) is 60.2 Å². The van der Waals surface area contributed by atoms with Gasteiger partial charge in [0.2, 0.25) is 0 Å². The molecule has 0 atom stereocenters. The maximum absolute atomic E-state index is 4.93. The average Bonchev–Trinajstić information content (AvgIpc) is 3.07. The molecule has 3 aromatic carbocycles. The molecule has 0 bridgehead atoms. The Balaban J connectivity index is 0.000000613. The zero-order valence-electron chi connectivity index (χ0n) is 15.3. The molecular formula is C23H22Cl2Zr. The van der Waals surface area contributed by atoms with Crippen LogP contribution in [0.1, 0.15) is 30.5 Å². The number of fused-ring (bicyclic) bond motifs is 2. The first-order valence-corrected chi connectivity index (χ1v) is 15.2. The SMILES string of the molecule is Cc1cccc2cccc(-c3cccc4c3C=C(C(C)C)C4)c12.[Cl][Zr][Cl]. The van der Waals surface area contributed by atoms with E-state index in [-0.39, 0.29) is 0 Å². The van der Waals surface area contributed by atoms with Crippen molar-refractivity contribution in [2.24, 2.45) is 5.92 Å². The third-order valence-corrected chi connectivity index (χ3v) is 5.07. The predicted octanol–water partition coefficient (Wildman–Crippen LogP) is 7.79.